The Morgan fingerprint density at radius 2 is 2.11 bits per heavy atom. The summed E-state index contributed by atoms with van der Waals surface area (Å²) in [5.74, 6) is 0.790. The second kappa shape index (κ2) is 7.56. The predicted molar refractivity (Wildman–Crippen MR) is 101 cm³/mol. The number of hydrogen-bond acceptors (Lipinski definition) is 5. The summed E-state index contributed by atoms with van der Waals surface area (Å²) in [7, 11) is 1.50. The van der Waals surface area contributed by atoms with Crippen LogP contribution in [-0.4, -0.2) is 49.1 Å². The van der Waals surface area contributed by atoms with Crippen molar-refractivity contribution >= 4 is 11.7 Å². The molecule has 3 heterocycles. The average molecular weight is 380 g/mol. The Labute approximate surface area is 163 Å². The molecule has 6 nitrogen and oxygen atoms in total. The Hall–Kier alpha value is -2.98. The second-order valence-corrected chi connectivity index (χ2v) is 7.30. The zero-order valence-corrected chi connectivity index (χ0v) is 15.6. The highest BCUT2D eigenvalue weighted by atomic mass is 19.1. The van der Waals surface area contributed by atoms with Crippen LogP contribution in [-0.2, 0) is 9.53 Å². The lowest BCUT2D eigenvalue weighted by molar-refractivity contribution is -0.136. The summed E-state index contributed by atoms with van der Waals surface area (Å²) in [6.45, 7) is 2.06. The number of carbonyl (C=O) groups is 1. The number of rotatable bonds is 4. The van der Waals surface area contributed by atoms with Crippen LogP contribution in [0.3, 0.4) is 0 Å². The molecule has 0 radical (unpaired) electrons. The molecule has 1 aromatic heterocycles. The number of nitrogens with zero attached hydrogens (tertiary/aromatic N) is 4. The fourth-order valence-corrected chi connectivity index (χ4v) is 4.47. The third kappa shape index (κ3) is 3.32. The van der Waals surface area contributed by atoms with Crippen LogP contribution in [0.1, 0.15) is 17.3 Å². The summed E-state index contributed by atoms with van der Waals surface area (Å²) in [6, 6.07) is 13.8. The molecular weight excluding hydrogens is 359 g/mol. The first kappa shape index (κ1) is 18.4. The summed E-state index contributed by atoms with van der Waals surface area (Å²) in [5, 5.41) is 9.11. The maximum absolute atomic E-state index is 13.9. The first-order valence-electron chi connectivity index (χ1n) is 9.26. The molecule has 0 saturated carbocycles. The second-order valence-electron chi connectivity index (χ2n) is 7.30. The molecule has 144 valence electrons. The summed E-state index contributed by atoms with van der Waals surface area (Å²) < 4.78 is 18.9. The highest BCUT2D eigenvalue weighted by molar-refractivity contribution is 5.78. The van der Waals surface area contributed by atoms with Gasteiger partial charge in [-0.3, -0.25) is 4.79 Å². The zero-order chi connectivity index (χ0) is 19.7. The molecule has 2 aliphatic heterocycles. The number of amides is 1. The van der Waals surface area contributed by atoms with E-state index in [2.05, 4.69) is 16.0 Å². The van der Waals surface area contributed by atoms with Gasteiger partial charge < -0.3 is 14.5 Å². The van der Waals surface area contributed by atoms with E-state index >= 15 is 0 Å². The Morgan fingerprint density at radius 3 is 2.86 bits per heavy atom. The first-order valence-corrected chi connectivity index (χ1v) is 9.26. The molecule has 2 aliphatic rings. The molecule has 0 unspecified atom stereocenters. The van der Waals surface area contributed by atoms with Crippen LogP contribution in [0.15, 0.2) is 42.5 Å². The highest BCUT2D eigenvalue weighted by Gasteiger charge is 2.49. The maximum atomic E-state index is 13.9. The Kier molecular flexibility index (Phi) is 4.97. The summed E-state index contributed by atoms with van der Waals surface area (Å²) >= 11 is 0. The lowest BCUT2D eigenvalue weighted by Crippen LogP contribution is -2.37. The molecule has 3 atom stereocenters. The smallest absolute Gasteiger partial charge is 0.249 e. The van der Waals surface area contributed by atoms with E-state index in [0.29, 0.717) is 18.8 Å². The number of ether oxygens (including phenoxy) is 1. The minimum atomic E-state index is -0.307. The van der Waals surface area contributed by atoms with Gasteiger partial charge in [0, 0.05) is 38.6 Å². The molecule has 2 fully saturated rings. The van der Waals surface area contributed by atoms with Crippen LogP contribution >= 0.6 is 0 Å². The van der Waals surface area contributed by atoms with E-state index in [4.69, 9.17) is 10.00 Å². The van der Waals surface area contributed by atoms with Crippen LogP contribution in [0.4, 0.5) is 10.2 Å². The third-order valence-electron chi connectivity index (χ3n) is 5.62. The molecule has 7 heteroatoms. The van der Waals surface area contributed by atoms with Crippen LogP contribution in [0.5, 0.6) is 0 Å². The van der Waals surface area contributed by atoms with Gasteiger partial charge in [-0.05, 0) is 29.8 Å². The van der Waals surface area contributed by atoms with Gasteiger partial charge in [-0.2, -0.15) is 5.26 Å². The van der Waals surface area contributed by atoms with E-state index in [9.17, 15) is 9.18 Å². The predicted octanol–water partition coefficient (Wildman–Crippen LogP) is 2.37. The number of anilines is 1. The zero-order valence-electron chi connectivity index (χ0n) is 15.6. The van der Waals surface area contributed by atoms with Crippen molar-refractivity contribution in [2.75, 3.05) is 38.3 Å². The van der Waals surface area contributed by atoms with E-state index in [0.717, 1.165) is 17.9 Å². The van der Waals surface area contributed by atoms with Crippen molar-refractivity contribution in [3.63, 3.8) is 0 Å². The number of likely N-dealkylation sites (tertiary alicyclic amines) is 1. The number of carbonyl (C=O) groups excluding carboxylic acids is 1. The lowest BCUT2D eigenvalue weighted by Gasteiger charge is -2.30. The summed E-state index contributed by atoms with van der Waals surface area (Å²) in [5.41, 5.74) is 1.19. The number of halogens is 1. The number of hydrogen-bond donors (Lipinski definition) is 0. The fourth-order valence-electron chi connectivity index (χ4n) is 4.47. The van der Waals surface area contributed by atoms with Gasteiger partial charge in [-0.25, -0.2) is 9.37 Å². The number of pyridine rings is 1. The summed E-state index contributed by atoms with van der Waals surface area (Å²) in [6.07, 6.45) is 0. The minimum absolute atomic E-state index is 0.0146. The van der Waals surface area contributed by atoms with Gasteiger partial charge in [0.2, 0.25) is 5.91 Å². The number of nitriles is 1. The van der Waals surface area contributed by atoms with E-state index in [1.54, 1.807) is 12.1 Å². The molecule has 0 spiro atoms. The Bertz CT molecular complexity index is 929. The van der Waals surface area contributed by atoms with Gasteiger partial charge in [-0.15, -0.1) is 0 Å². The fraction of sp³-hybridized carbons (Fsp3) is 0.381. The molecule has 0 bridgehead atoms. The number of methoxy groups -OCH3 is 1. The van der Waals surface area contributed by atoms with E-state index in [1.807, 2.05) is 23.1 Å². The lowest BCUT2D eigenvalue weighted by atomic mass is 9.89. The van der Waals surface area contributed by atoms with E-state index in [1.165, 1.54) is 19.2 Å². The molecule has 4 rings (SSSR count). The SMILES string of the molecule is COCC(=O)N1C[C@H]2CN(c3cccc(C#N)n3)C[C@H]2[C@@H]1c1cccc(F)c1. The number of aromatic nitrogens is 1. The van der Waals surface area contributed by atoms with E-state index < -0.39 is 0 Å². The van der Waals surface area contributed by atoms with Gasteiger partial charge in [0.1, 0.15) is 30.0 Å². The van der Waals surface area contributed by atoms with E-state index in [-0.39, 0.29) is 36.2 Å². The molecule has 0 N–H and O–H groups in total. The van der Waals surface area contributed by atoms with Crippen LogP contribution in [0.25, 0.3) is 0 Å². The molecule has 28 heavy (non-hydrogen) atoms. The van der Waals surface area contributed by atoms with Crippen LogP contribution < -0.4 is 4.90 Å². The summed E-state index contributed by atoms with van der Waals surface area (Å²) in [4.78, 5) is 21.0. The number of benzene rings is 1. The molecule has 2 saturated heterocycles. The van der Waals surface area contributed by atoms with Crippen molar-refractivity contribution < 1.29 is 13.9 Å². The first-order chi connectivity index (χ1) is 13.6. The van der Waals surface area contributed by atoms with Gasteiger partial charge in [-0.1, -0.05) is 18.2 Å². The molecule has 0 aliphatic carbocycles. The topological polar surface area (TPSA) is 69.5 Å². The van der Waals surface area contributed by atoms with Crippen molar-refractivity contribution in [3.05, 3.63) is 59.5 Å². The molecule has 1 aromatic carbocycles. The maximum Gasteiger partial charge on any atom is 0.249 e. The van der Waals surface area contributed by atoms with Crippen LogP contribution in [0, 0.1) is 29.0 Å². The van der Waals surface area contributed by atoms with Gasteiger partial charge in [0.05, 0.1) is 6.04 Å². The normalized spacial score (nSPS) is 23.5. The minimum Gasteiger partial charge on any atom is -0.375 e. The van der Waals surface area contributed by atoms with Gasteiger partial charge in [0.15, 0.2) is 0 Å². The van der Waals surface area contributed by atoms with Gasteiger partial charge >= 0.3 is 0 Å². The molecule has 1 amide bonds. The average Bonchev–Trinajstić information content (AvgIpc) is 3.26. The van der Waals surface area contributed by atoms with Crippen LogP contribution in [0.2, 0.25) is 0 Å². The van der Waals surface area contributed by atoms with Crippen molar-refractivity contribution in [3.8, 4) is 6.07 Å². The third-order valence-corrected chi connectivity index (χ3v) is 5.62. The monoisotopic (exact) mass is 380 g/mol. The van der Waals surface area contributed by atoms with Crippen molar-refractivity contribution in [1.29, 1.82) is 5.26 Å². The molecule has 2 aromatic rings. The largest absolute Gasteiger partial charge is 0.375 e. The van der Waals surface area contributed by atoms with Crippen molar-refractivity contribution in [2.45, 2.75) is 6.04 Å². The van der Waals surface area contributed by atoms with Crippen molar-refractivity contribution in [2.24, 2.45) is 11.8 Å². The molecular formula is C21H21FN4O2. The number of fused-ring (bicyclic) bond motifs is 1. The quantitative estimate of drug-likeness (QED) is 0.815. The standard InChI is InChI=1S/C21H21FN4O2/c1-28-13-20(27)26-11-15-10-25(19-7-3-6-17(9-23)24-19)12-18(15)21(26)14-4-2-5-16(22)8-14/h2-8,15,18,21H,10-13H2,1H3/t15-,18-,21+/m1/s1. The highest BCUT2D eigenvalue weighted by Crippen LogP contribution is 2.45. The van der Waals surface area contributed by atoms with Crippen molar-refractivity contribution in [1.82, 2.24) is 9.88 Å². The Balaban J connectivity index is 1.63. The van der Waals surface area contributed by atoms with Gasteiger partial charge in [0.25, 0.3) is 0 Å². The Morgan fingerprint density at radius 1 is 1.29 bits per heavy atom.